The average Bonchev–Trinajstić information content (AvgIpc) is 2.15. The highest BCUT2D eigenvalue weighted by molar-refractivity contribution is 7.79. The van der Waals surface area contributed by atoms with Gasteiger partial charge in [0.2, 0.25) is 0 Å². The Morgan fingerprint density at radius 1 is 1.42 bits per heavy atom. The fraction of sp³-hybridized carbons (Fsp3) is 0.400. The topological polar surface area (TPSA) is 9.23 Å². The first-order valence-corrected chi connectivity index (χ1v) is 4.82. The SMILES string of the molecule is CCCOc1cccc(CS)c1. The third-order valence-corrected chi connectivity index (χ3v) is 1.92. The summed E-state index contributed by atoms with van der Waals surface area (Å²) in [6, 6.07) is 8.05. The van der Waals surface area contributed by atoms with E-state index in [9.17, 15) is 0 Å². The van der Waals surface area contributed by atoms with Crippen molar-refractivity contribution in [2.24, 2.45) is 0 Å². The van der Waals surface area contributed by atoms with Crippen LogP contribution in [0.3, 0.4) is 0 Å². The van der Waals surface area contributed by atoms with Gasteiger partial charge in [0.05, 0.1) is 6.61 Å². The molecule has 0 aliphatic rings. The fourth-order valence-electron chi connectivity index (χ4n) is 0.954. The zero-order valence-electron chi connectivity index (χ0n) is 7.29. The summed E-state index contributed by atoms with van der Waals surface area (Å²) >= 11 is 4.19. The molecule has 0 aromatic heterocycles. The molecule has 0 heterocycles. The van der Waals surface area contributed by atoms with Crippen molar-refractivity contribution in [3.63, 3.8) is 0 Å². The van der Waals surface area contributed by atoms with Crippen molar-refractivity contribution < 1.29 is 4.74 Å². The molecule has 2 heteroatoms. The molecule has 0 unspecified atom stereocenters. The minimum Gasteiger partial charge on any atom is -0.494 e. The van der Waals surface area contributed by atoms with Crippen LogP contribution in [0, 0.1) is 0 Å². The van der Waals surface area contributed by atoms with Crippen LogP contribution >= 0.6 is 12.6 Å². The molecule has 1 aromatic carbocycles. The zero-order valence-corrected chi connectivity index (χ0v) is 8.18. The van der Waals surface area contributed by atoms with Crippen molar-refractivity contribution in [2.45, 2.75) is 19.1 Å². The maximum atomic E-state index is 5.46. The minimum atomic E-state index is 0.767. The van der Waals surface area contributed by atoms with Crippen molar-refractivity contribution in [3.05, 3.63) is 29.8 Å². The first kappa shape index (κ1) is 9.46. The van der Waals surface area contributed by atoms with Crippen molar-refractivity contribution >= 4 is 12.6 Å². The summed E-state index contributed by atoms with van der Waals surface area (Å²) in [4.78, 5) is 0. The third-order valence-electron chi connectivity index (χ3n) is 1.55. The number of thiol groups is 1. The highest BCUT2D eigenvalue weighted by atomic mass is 32.1. The van der Waals surface area contributed by atoms with Crippen LogP contribution in [-0.2, 0) is 5.75 Å². The van der Waals surface area contributed by atoms with Crippen molar-refractivity contribution in [2.75, 3.05) is 6.61 Å². The summed E-state index contributed by atoms with van der Waals surface area (Å²) in [5, 5.41) is 0. The van der Waals surface area contributed by atoms with Gasteiger partial charge in [-0.1, -0.05) is 19.1 Å². The van der Waals surface area contributed by atoms with Crippen LogP contribution in [0.5, 0.6) is 5.75 Å². The fourth-order valence-corrected chi connectivity index (χ4v) is 1.15. The standard InChI is InChI=1S/C10H14OS/c1-2-6-11-10-5-3-4-9(7-10)8-12/h3-5,7,12H,2,6,8H2,1H3. The Morgan fingerprint density at radius 3 is 2.92 bits per heavy atom. The highest BCUT2D eigenvalue weighted by Crippen LogP contribution is 2.14. The molecule has 0 amide bonds. The predicted octanol–water partition coefficient (Wildman–Crippen LogP) is 2.91. The zero-order chi connectivity index (χ0) is 8.81. The monoisotopic (exact) mass is 182 g/mol. The van der Waals surface area contributed by atoms with Gasteiger partial charge in [0.25, 0.3) is 0 Å². The Labute approximate surface area is 79.2 Å². The van der Waals surface area contributed by atoms with Crippen LogP contribution in [-0.4, -0.2) is 6.61 Å². The maximum absolute atomic E-state index is 5.46. The lowest BCUT2D eigenvalue weighted by atomic mass is 10.2. The second kappa shape index (κ2) is 5.09. The predicted molar refractivity (Wildman–Crippen MR) is 54.9 cm³/mol. The summed E-state index contributed by atoms with van der Waals surface area (Å²) in [7, 11) is 0. The van der Waals surface area contributed by atoms with Crippen LogP contribution in [0.15, 0.2) is 24.3 Å². The second-order valence-corrected chi connectivity index (χ2v) is 2.97. The number of hydrogen-bond acceptors (Lipinski definition) is 2. The van der Waals surface area contributed by atoms with Crippen LogP contribution in [0.25, 0.3) is 0 Å². The molecule has 1 rings (SSSR count). The number of ether oxygens (including phenoxy) is 1. The Kier molecular flexibility index (Phi) is 4.01. The molecular weight excluding hydrogens is 168 g/mol. The molecule has 66 valence electrons. The molecule has 12 heavy (non-hydrogen) atoms. The Hall–Kier alpha value is -0.630. The molecule has 0 bridgehead atoms. The molecule has 0 aliphatic heterocycles. The summed E-state index contributed by atoms with van der Waals surface area (Å²) < 4.78 is 5.46. The first-order valence-electron chi connectivity index (χ1n) is 4.19. The van der Waals surface area contributed by atoms with Crippen molar-refractivity contribution in [3.8, 4) is 5.75 Å². The summed E-state index contributed by atoms with van der Waals surface area (Å²) in [6.07, 6.45) is 1.05. The van der Waals surface area contributed by atoms with E-state index >= 15 is 0 Å². The van der Waals surface area contributed by atoms with Gasteiger partial charge in [0.1, 0.15) is 5.75 Å². The largest absolute Gasteiger partial charge is 0.494 e. The molecule has 0 saturated heterocycles. The molecule has 0 radical (unpaired) electrons. The molecule has 0 saturated carbocycles. The number of rotatable bonds is 4. The van der Waals surface area contributed by atoms with Gasteiger partial charge in [-0.05, 0) is 24.1 Å². The molecule has 1 nitrogen and oxygen atoms in total. The van der Waals surface area contributed by atoms with Gasteiger partial charge in [0, 0.05) is 5.75 Å². The summed E-state index contributed by atoms with van der Waals surface area (Å²) in [5.74, 6) is 1.71. The van der Waals surface area contributed by atoms with Gasteiger partial charge >= 0.3 is 0 Å². The molecule has 0 aliphatic carbocycles. The Balaban J connectivity index is 2.60. The van der Waals surface area contributed by atoms with Gasteiger partial charge in [-0.15, -0.1) is 0 Å². The molecule has 0 spiro atoms. The Bertz CT molecular complexity index is 235. The van der Waals surface area contributed by atoms with Crippen LogP contribution in [0.1, 0.15) is 18.9 Å². The summed E-state index contributed by atoms with van der Waals surface area (Å²) in [5.41, 5.74) is 1.20. The number of benzene rings is 1. The Morgan fingerprint density at radius 2 is 2.25 bits per heavy atom. The first-order chi connectivity index (χ1) is 5.86. The van der Waals surface area contributed by atoms with E-state index in [1.807, 2.05) is 24.3 Å². The van der Waals surface area contributed by atoms with Crippen LogP contribution in [0.4, 0.5) is 0 Å². The molecule has 0 fully saturated rings. The quantitative estimate of drug-likeness (QED) is 0.704. The van der Waals surface area contributed by atoms with Gasteiger partial charge in [-0.3, -0.25) is 0 Å². The van der Waals surface area contributed by atoms with E-state index < -0.39 is 0 Å². The van der Waals surface area contributed by atoms with E-state index in [0.717, 1.165) is 24.5 Å². The van der Waals surface area contributed by atoms with Crippen molar-refractivity contribution in [1.29, 1.82) is 0 Å². The smallest absolute Gasteiger partial charge is 0.119 e. The van der Waals surface area contributed by atoms with E-state index in [1.165, 1.54) is 5.56 Å². The van der Waals surface area contributed by atoms with Gasteiger partial charge in [0.15, 0.2) is 0 Å². The van der Waals surface area contributed by atoms with Gasteiger partial charge in [-0.2, -0.15) is 12.6 Å². The van der Waals surface area contributed by atoms with E-state index in [-0.39, 0.29) is 0 Å². The third kappa shape index (κ3) is 2.78. The van der Waals surface area contributed by atoms with E-state index in [4.69, 9.17) is 4.74 Å². The summed E-state index contributed by atoms with van der Waals surface area (Å²) in [6.45, 7) is 2.89. The number of hydrogen-bond donors (Lipinski definition) is 1. The molecule has 0 atom stereocenters. The van der Waals surface area contributed by atoms with Gasteiger partial charge in [-0.25, -0.2) is 0 Å². The molecule has 1 aromatic rings. The van der Waals surface area contributed by atoms with Gasteiger partial charge < -0.3 is 4.74 Å². The van der Waals surface area contributed by atoms with E-state index in [1.54, 1.807) is 0 Å². The molecular formula is C10H14OS. The van der Waals surface area contributed by atoms with Crippen LogP contribution < -0.4 is 4.74 Å². The normalized spacial score (nSPS) is 9.83. The van der Waals surface area contributed by atoms with E-state index in [0.29, 0.717) is 0 Å². The highest BCUT2D eigenvalue weighted by Gasteiger charge is 1.93. The van der Waals surface area contributed by atoms with E-state index in [2.05, 4.69) is 19.6 Å². The lowest BCUT2D eigenvalue weighted by Gasteiger charge is -2.04. The van der Waals surface area contributed by atoms with Crippen molar-refractivity contribution in [1.82, 2.24) is 0 Å². The molecule has 0 N–H and O–H groups in total. The second-order valence-electron chi connectivity index (χ2n) is 2.65. The minimum absolute atomic E-state index is 0.767. The van der Waals surface area contributed by atoms with Crippen LogP contribution in [0.2, 0.25) is 0 Å². The lowest BCUT2D eigenvalue weighted by Crippen LogP contribution is -1.94. The lowest BCUT2D eigenvalue weighted by molar-refractivity contribution is 0.317. The maximum Gasteiger partial charge on any atom is 0.119 e. The average molecular weight is 182 g/mol.